The van der Waals surface area contributed by atoms with Crippen LogP contribution in [0.15, 0.2) is 103 Å². The van der Waals surface area contributed by atoms with E-state index in [1.54, 1.807) is 0 Å². The summed E-state index contributed by atoms with van der Waals surface area (Å²) in [5.41, 5.74) is 6.47. The quantitative estimate of drug-likeness (QED) is 0.236. The van der Waals surface area contributed by atoms with Crippen LogP contribution in [-0.2, 0) is 0 Å². The summed E-state index contributed by atoms with van der Waals surface area (Å²) in [5.74, 6) is 0. The molecule has 0 spiro atoms. The van der Waals surface area contributed by atoms with E-state index in [1.165, 1.54) is 0 Å². The van der Waals surface area contributed by atoms with Gasteiger partial charge in [-0.2, -0.15) is 0 Å². The summed E-state index contributed by atoms with van der Waals surface area (Å²) >= 11 is 2.21. The van der Waals surface area contributed by atoms with E-state index in [9.17, 15) is 4.79 Å². The molecule has 0 atom stereocenters. The Morgan fingerprint density at radius 3 is 1.79 bits per heavy atom. The van der Waals surface area contributed by atoms with Crippen LogP contribution in [0.3, 0.4) is 0 Å². The fourth-order valence-electron chi connectivity index (χ4n) is 3.59. The molecular formula is C27H19IN4O. The van der Waals surface area contributed by atoms with Gasteiger partial charge in [0.1, 0.15) is 0 Å². The zero-order chi connectivity index (χ0) is 22.6. The highest BCUT2D eigenvalue weighted by atomic mass is 127. The number of urea groups is 1. The van der Waals surface area contributed by atoms with E-state index in [-0.39, 0.29) is 6.03 Å². The number of carbonyl (C=O) groups excluding carboxylic acids is 1. The third-order valence-electron chi connectivity index (χ3n) is 5.10. The maximum absolute atomic E-state index is 12.5. The smallest absolute Gasteiger partial charge is 0.308 e. The van der Waals surface area contributed by atoms with E-state index in [4.69, 9.17) is 9.97 Å². The van der Waals surface area contributed by atoms with Crippen LogP contribution in [0.4, 0.5) is 16.2 Å². The van der Waals surface area contributed by atoms with Crippen LogP contribution in [0, 0.1) is 3.57 Å². The van der Waals surface area contributed by atoms with E-state index < -0.39 is 0 Å². The zero-order valence-corrected chi connectivity index (χ0v) is 19.7. The summed E-state index contributed by atoms with van der Waals surface area (Å²) in [6.45, 7) is 0. The van der Waals surface area contributed by atoms with Crippen LogP contribution in [0.5, 0.6) is 0 Å². The molecule has 4 aromatic carbocycles. The first kappa shape index (κ1) is 21.1. The monoisotopic (exact) mass is 542 g/mol. The van der Waals surface area contributed by atoms with Gasteiger partial charge in [-0.25, -0.2) is 14.8 Å². The molecule has 0 saturated carbocycles. The summed E-state index contributed by atoms with van der Waals surface area (Å²) in [6, 6.07) is 32.9. The Hall–Kier alpha value is -3.78. The lowest BCUT2D eigenvalue weighted by Crippen LogP contribution is -2.19. The van der Waals surface area contributed by atoms with E-state index in [0.29, 0.717) is 11.2 Å². The number of amides is 2. The second-order valence-electron chi connectivity index (χ2n) is 7.45. The van der Waals surface area contributed by atoms with Crippen molar-refractivity contribution in [3.63, 3.8) is 0 Å². The number of hydrogen-bond donors (Lipinski definition) is 2. The van der Waals surface area contributed by atoms with E-state index >= 15 is 0 Å². The molecule has 6 heteroatoms. The molecule has 2 N–H and O–H groups in total. The minimum absolute atomic E-state index is 0.312. The van der Waals surface area contributed by atoms with E-state index in [2.05, 4.69) is 33.2 Å². The SMILES string of the molecule is O=C(Nc1cccc(I)c1)Nc1ccc2nc(-c3ccccc3)c(-c3ccccc3)nc2c1. The third-order valence-corrected chi connectivity index (χ3v) is 5.77. The van der Waals surface area contributed by atoms with Crippen molar-refractivity contribution < 1.29 is 4.79 Å². The number of benzene rings is 4. The summed E-state index contributed by atoms with van der Waals surface area (Å²) < 4.78 is 1.05. The number of carbonyl (C=O) groups is 1. The molecule has 1 heterocycles. The van der Waals surface area contributed by atoms with Gasteiger partial charge in [-0.1, -0.05) is 66.7 Å². The van der Waals surface area contributed by atoms with E-state index in [0.717, 1.165) is 37.3 Å². The molecule has 0 bridgehead atoms. The van der Waals surface area contributed by atoms with Crippen molar-refractivity contribution in [1.82, 2.24) is 9.97 Å². The van der Waals surface area contributed by atoms with Crippen molar-refractivity contribution in [3.8, 4) is 22.5 Å². The standard InChI is InChI=1S/C27H19IN4O/c28-20-12-7-13-21(16-20)29-27(33)30-22-14-15-23-24(17-22)32-26(19-10-5-2-6-11-19)25(31-23)18-8-3-1-4-9-18/h1-17H,(H2,29,30,33). The van der Waals surface area contributed by atoms with Gasteiger partial charge in [-0.3, -0.25) is 0 Å². The van der Waals surface area contributed by atoms with Gasteiger partial charge in [-0.15, -0.1) is 0 Å². The lowest BCUT2D eigenvalue weighted by molar-refractivity contribution is 0.262. The summed E-state index contributed by atoms with van der Waals surface area (Å²) in [6.07, 6.45) is 0. The average Bonchev–Trinajstić information content (AvgIpc) is 2.84. The van der Waals surface area contributed by atoms with Gasteiger partial charge in [0.05, 0.1) is 22.4 Å². The van der Waals surface area contributed by atoms with Gasteiger partial charge < -0.3 is 10.6 Å². The fourth-order valence-corrected chi connectivity index (χ4v) is 4.13. The third kappa shape index (κ3) is 4.85. The van der Waals surface area contributed by atoms with E-state index in [1.807, 2.05) is 103 Å². The van der Waals surface area contributed by atoms with Crippen molar-refractivity contribution in [2.45, 2.75) is 0 Å². The summed E-state index contributed by atoms with van der Waals surface area (Å²) in [7, 11) is 0. The first-order valence-electron chi connectivity index (χ1n) is 10.4. The van der Waals surface area contributed by atoms with Crippen molar-refractivity contribution >= 4 is 51.0 Å². The molecule has 5 nitrogen and oxygen atoms in total. The Bertz CT molecular complexity index is 1440. The Kier molecular flexibility index (Phi) is 5.99. The molecule has 0 aliphatic rings. The molecule has 33 heavy (non-hydrogen) atoms. The Balaban J connectivity index is 1.51. The predicted molar refractivity (Wildman–Crippen MR) is 142 cm³/mol. The minimum Gasteiger partial charge on any atom is -0.308 e. The highest BCUT2D eigenvalue weighted by Gasteiger charge is 2.14. The highest BCUT2D eigenvalue weighted by molar-refractivity contribution is 14.1. The maximum atomic E-state index is 12.5. The van der Waals surface area contributed by atoms with Crippen LogP contribution < -0.4 is 10.6 Å². The molecule has 0 aliphatic heterocycles. The number of nitrogens with one attached hydrogen (secondary N) is 2. The fraction of sp³-hybridized carbons (Fsp3) is 0. The number of halogens is 1. The topological polar surface area (TPSA) is 66.9 Å². The number of aromatic nitrogens is 2. The molecule has 0 unspecified atom stereocenters. The lowest BCUT2D eigenvalue weighted by Gasteiger charge is -2.12. The number of anilines is 2. The molecule has 5 rings (SSSR count). The van der Waals surface area contributed by atoms with Crippen molar-refractivity contribution in [2.24, 2.45) is 0 Å². The van der Waals surface area contributed by atoms with Crippen LogP contribution in [0.1, 0.15) is 0 Å². The second kappa shape index (κ2) is 9.38. The number of fused-ring (bicyclic) bond motifs is 1. The Labute approximate surface area is 205 Å². The Morgan fingerprint density at radius 1 is 0.606 bits per heavy atom. The number of hydrogen-bond acceptors (Lipinski definition) is 3. The zero-order valence-electron chi connectivity index (χ0n) is 17.5. The Morgan fingerprint density at radius 2 is 1.18 bits per heavy atom. The first-order valence-corrected chi connectivity index (χ1v) is 11.5. The van der Waals surface area contributed by atoms with Crippen molar-refractivity contribution in [3.05, 3.63) is 107 Å². The van der Waals surface area contributed by atoms with Gasteiger partial charge in [0.2, 0.25) is 0 Å². The molecule has 0 saturated heterocycles. The van der Waals surface area contributed by atoms with Gasteiger partial charge in [-0.05, 0) is 59.0 Å². The molecule has 1 aromatic heterocycles. The average molecular weight is 542 g/mol. The maximum Gasteiger partial charge on any atom is 0.323 e. The van der Waals surface area contributed by atoms with Crippen LogP contribution in [-0.4, -0.2) is 16.0 Å². The molecule has 160 valence electrons. The van der Waals surface area contributed by atoms with Crippen LogP contribution >= 0.6 is 22.6 Å². The highest BCUT2D eigenvalue weighted by Crippen LogP contribution is 2.31. The molecule has 0 radical (unpaired) electrons. The first-order chi connectivity index (χ1) is 16.2. The van der Waals surface area contributed by atoms with Gasteiger partial charge >= 0.3 is 6.03 Å². The molecule has 2 amide bonds. The number of nitrogens with zero attached hydrogens (tertiary/aromatic N) is 2. The minimum atomic E-state index is -0.312. The van der Waals surface area contributed by atoms with Gasteiger partial charge in [0.25, 0.3) is 0 Å². The predicted octanol–water partition coefficient (Wildman–Crippen LogP) is 7.21. The van der Waals surface area contributed by atoms with Crippen LogP contribution in [0.25, 0.3) is 33.5 Å². The largest absolute Gasteiger partial charge is 0.323 e. The molecule has 0 aliphatic carbocycles. The molecule has 5 aromatic rings. The summed E-state index contributed by atoms with van der Waals surface area (Å²) in [5, 5.41) is 5.74. The van der Waals surface area contributed by atoms with Crippen LogP contribution in [0.2, 0.25) is 0 Å². The van der Waals surface area contributed by atoms with Gasteiger partial charge in [0, 0.05) is 26.1 Å². The number of rotatable bonds is 4. The molecular weight excluding hydrogens is 523 g/mol. The molecule has 0 fully saturated rings. The van der Waals surface area contributed by atoms with Gasteiger partial charge in [0.15, 0.2) is 0 Å². The summed E-state index contributed by atoms with van der Waals surface area (Å²) in [4.78, 5) is 22.4. The lowest BCUT2D eigenvalue weighted by atomic mass is 10.0. The van der Waals surface area contributed by atoms with Crippen molar-refractivity contribution in [2.75, 3.05) is 10.6 Å². The second-order valence-corrected chi connectivity index (χ2v) is 8.69. The van der Waals surface area contributed by atoms with Crippen molar-refractivity contribution in [1.29, 1.82) is 0 Å². The normalized spacial score (nSPS) is 10.7.